The Morgan fingerprint density at radius 1 is 0.875 bits per heavy atom. The van der Waals surface area contributed by atoms with Gasteiger partial charge in [0, 0.05) is 46.3 Å². The number of halogens is 1. The van der Waals surface area contributed by atoms with Gasteiger partial charge in [-0.25, -0.2) is 0 Å². The SMILES string of the molecule is COCCCN(CCOC)CCOCCCl. The molecule has 0 saturated heterocycles. The normalized spacial score (nSPS) is 11.2. The second-order valence-electron chi connectivity index (χ2n) is 3.48. The number of nitrogens with zero attached hydrogens (tertiary/aromatic N) is 1. The maximum atomic E-state index is 5.53. The molecule has 98 valence electrons. The third-order valence-electron chi connectivity index (χ3n) is 2.21. The van der Waals surface area contributed by atoms with Crippen LogP contribution >= 0.6 is 11.6 Å². The van der Waals surface area contributed by atoms with Crippen molar-refractivity contribution in [1.29, 1.82) is 0 Å². The highest BCUT2D eigenvalue weighted by Crippen LogP contribution is 1.93. The summed E-state index contributed by atoms with van der Waals surface area (Å²) in [7, 11) is 3.44. The fraction of sp³-hybridized carbons (Fsp3) is 1.00. The van der Waals surface area contributed by atoms with Gasteiger partial charge in [-0.1, -0.05) is 0 Å². The lowest BCUT2D eigenvalue weighted by Gasteiger charge is -2.21. The molecule has 5 heteroatoms. The summed E-state index contributed by atoms with van der Waals surface area (Å²) >= 11 is 5.53. The van der Waals surface area contributed by atoms with E-state index in [1.54, 1.807) is 14.2 Å². The minimum Gasteiger partial charge on any atom is -0.385 e. The van der Waals surface area contributed by atoms with Crippen LogP contribution in [-0.4, -0.2) is 71.1 Å². The van der Waals surface area contributed by atoms with Crippen molar-refractivity contribution in [2.75, 3.05) is 66.2 Å². The van der Waals surface area contributed by atoms with Crippen LogP contribution in [0, 0.1) is 0 Å². The van der Waals surface area contributed by atoms with Crippen LogP contribution in [0.25, 0.3) is 0 Å². The van der Waals surface area contributed by atoms with Crippen molar-refractivity contribution in [2.45, 2.75) is 6.42 Å². The molecule has 0 atom stereocenters. The molecule has 0 aromatic carbocycles. The zero-order valence-electron chi connectivity index (χ0n) is 10.4. The van der Waals surface area contributed by atoms with Gasteiger partial charge in [0.15, 0.2) is 0 Å². The highest BCUT2D eigenvalue weighted by atomic mass is 35.5. The first-order valence-corrected chi connectivity index (χ1v) is 6.22. The maximum Gasteiger partial charge on any atom is 0.0602 e. The molecule has 0 unspecified atom stereocenters. The monoisotopic (exact) mass is 253 g/mol. The van der Waals surface area contributed by atoms with Gasteiger partial charge in [0.05, 0.1) is 19.8 Å². The van der Waals surface area contributed by atoms with E-state index in [-0.39, 0.29) is 0 Å². The average Bonchev–Trinajstić information content (AvgIpc) is 2.31. The van der Waals surface area contributed by atoms with Crippen molar-refractivity contribution in [2.24, 2.45) is 0 Å². The molecule has 4 nitrogen and oxygen atoms in total. The molecule has 0 saturated carbocycles. The Morgan fingerprint density at radius 3 is 2.19 bits per heavy atom. The van der Waals surface area contributed by atoms with Crippen LogP contribution in [0.5, 0.6) is 0 Å². The van der Waals surface area contributed by atoms with E-state index in [4.69, 9.17) is 25.8 Å². The van der Waals surface area contributed by atoms with Crippen molar-refractivity contribution >= 4 is 11.6 Å². The lowest BCUT2D eigenvalue weighted by atomic mass is 10.4. The second-order valence-corrected chi connectivity index (χ2v) is 3.86. The summed E-state index contributed by atoms with van der Waals surface area (Å²) in [5.41, 5.74) is 0. The molecule has 0 amide bonds. The summed E-state index contributed by atoms with van der Waals surface area (Å²) in [6.07, 6.45) is 1.04. The number of rotatable bonds is 12. The largest absolute Gasteiger partial charge is 0.385 e. The van der Waals surface area contributed by atoms with Crippen molar-refractivity contribution in [3.63, 3.8) is 0 Å². The Balaban J connectivity index is 3.54. The van der Waals surface area contributed by atoms with E-state index in [2.05, 4.69) is 4.90 Å². The summed E-state index contributed by atoms with van der Waals surface area (Å²) in [6.45, 7) is 5.77. The fourth-order valence-corrected chi connectivity index (χ4v) is 1.45. The van der Waals surface area contributed by atoms with Crippen molar-refractivity contribution in [3.8, 4) is 0 Å². The fourth-order valence-electron chi connectivity index (χ4n) is 1.34. The summed E-state index contributed by atoms with van der Waals surface area (Å²) in [6, 6.07) is 0. The van der Waals surface area contributed by atoms with Gasteiger partial charge in [0.25, 0.3) is 0 Å². The molecule has 16 heavy (non-hydrogen) atoms. The second kappa shape index (κ2) is 13.2. The molecule has 0 aromatic heterocycles. The van der Waals surface area contributed by atoms with Gasteiger partial charge in [0.2, 0.25) is 0 Å². The smallest absolute Gasteiger partial charge is 0.0602 e. The maximum absolute atomic E-state index is 5.53. The minimum absolute atomic E-state index is 0.557. The van der Waals surface area contributed by atoms with E-state index in [0.717, 1.165) is 45.9 Å². The molecule has 0 aromatic rings. The van der Waals surface area contributed by atoms with Gasteiger partial charge in [-0.05, 0) is 6.42 Å². The Morgan fingerprint density at radius 2 is 1.56 bits per heavy atom. The third-order valence-corrected chi connectivity index (χ3v) is 2.36. The molecule has 0 bridgehead atoms. The van der Waals surface area contributed by atoms with E-state index in [1.807, 2.05) is 0 Å². The number of alkyl halides is 1. The van der Waals surface area contributed by atoms with Crippen LogP contribution in [0.4, 0.5) is 0 Å². The van der Waals surface area contributed by atoms with Gasteiger partial charge in [-0.3, -0.25) is 4.90 Å². The van der Waals surface area contributed by atoms with E-state index in [9.17, 15) is 0 Å². The lowest BCUT2D eigenvalue weighted by molar-refractivity contribution is 0.0891. The first-order chi connectivity index (χ1) is 7.85. The molecule has 0 N–H and O–H groups in total. The Bertz CT molecular complexity index is 138. The topological polar surface area (TPSA) is 30.9 Å². The van der Waals surface area contributed by atoms with Gasteiger partial charge in [-0.2, -0.15) is 0 Å². The molecule has 0 rings (SSSR count). The van der Waals surface area contributed by atoms with Crippen LogP contribution in [-0.2, 0) is 14.2 Å². The molecule has 0 aliphatic heterocycles. The Kier molecular flexibility index (Phi) is 13.3. The standard InChI is InChI=1S/C11H24ClNO3/c1-14-8-3-5-13(6-10-15-2)7-11-16-9-4-12/h3-11H2,1-2H3. The number of methoxy groups -OCH3 is 2. The van der Waals surface area contributed by atoms with Crippen LogP contribution in [0.3, 0.4) is 0 Å². The van der Waals surface area contributed by atoms with Crippen LogP contribution in [0.1, 0.15) is 6.42 Å². The first kappa shape index (κ1) is 16.1. The van der Waals surface area contributed by atoms with Crippen LogP contribution in [0.15, 0.2) is 0 Å². The summed E-state index contributed by atoms with van der Waals surface area (Å²) in [5, 5.41) is 0. The van der Waals surface area contributed by atoms with E-state index >= 15 is 0 Å². The Hall–Kier alpha value is 0.130. The summed E-state index contributed by atoms with van der Waals surface area (Å²) in [5.74, 6) is 0.557. The highest BCUT2D eigenvalue weighted by Gasteiger charge is 2.04. The predicted molar refractivity (Wildman–Crippen MR) is 66.3 cm³/mol. The van der Waals surface area contributed by atoms with Crippen LogP contribution < -0.4 is 0 Å². The molecule has 0 fully saturated rings. The average molecular weight is 254 g/mol. The minimum atomic E-state index is 0.557. The molecule has 0 heterocycles. The van der Waals surface area contributed by atoms with Crippen molar-refractivity contribution in [1.82, 2.24) is 4.90 Å². The lowest BCUT2D eigenvalue weighted by Crippen LogP contribution is -2.32. The molecule has 0 radical (unpaired) electrons. The van der Waals surface area contributed by atoms with Gasteiger partial charge in [0.1, 0.15) is 0 Å². The first-order valence-electron chi connectivity index (χ1n) is 5.69. The molecule has 0 aliphatic carbocycles. The number of hydrogen-bond donors (Lipinski definition) is 0. The predicted octanol–water partition coefficient (Wildman–Crippen LogP) is 1.23. The van der Waals surface area contributed by atoms with Gasteiger partial charge in [-0.15, -0.1) is 11.6 Å². The molecule has 0 aliphatic rings. The van der Waals surface area contributed by atoms with Gasteiger partial charge < -0.3 is 14.2 Å². The highest BCUT2D eigenvalue weighted by molar-refractivity contribution is 6.17. The van der Waals surface area contributed by atoms with Gasteiger partial charge >= 0.3 is 0 Å². The molecular weight excluding hydrogens is 230 g/mol. The van der Waals surface area contributed by atoms with Crippen LogP contribution in [0.2, 0.25) is 0 Å². The van der Waals surface area contributed by atoms with E-state index in [1.165, 1.54) is 0 Å². The van der Waals surface area contributed by atoms with E-state index < -0.39 is 0 Å². The quantitative estimate of drug-likeness (QED) is 0.387. The summed E-state index contributed by atoms with van der Waals surface area (Å²) < 4.78 is 15.5. The van der Waals surface area contributed by atoms with Crippen molar-refractivity contribution in [3.05, 3.63) is 0 Å². The summed E-state index contributed by atoms with van der Waals surface area (Å²) in [4.78, 5) is 2.32. The Labute approximate surface area is 104 Å². The van der Waals surface area contributed by atoms with E-state index in [0.29, 0.717) is 12.5 Å². The molecule has 0 spiro atoms. The number of ether oxygens (including phenoxy) is 3. The zero-order valence-corrected chi connectivity index (χ0v) is 11.2. The zero-order chi connectivity index (χ0) is 12.1. The third kappa shape index (κ3) is 10.6. The van der Waals surface area contributed by atoms with Crippen molar-refractivity contribution < 1.29 is 14.2 Å². The number of hydrogen-bond acceptors (Lipinski definition) is 4. The molecular formula is C11H24ClNO3.